The van der Waals surface area contributed by atoms with Gasteiger partial charge in [-0.3, -0.25) is 9.89 Å². The van der Waals surface area contributed by atoms with Crippen LogP contribution in [0.4, 0.5) is 11.5 Å². The second-order valence-corrected chi connectivity index (χ2v) is 4.89. The molecule has 0 bridgehead atoms. The molecule has 1 heterocycles. The zero-order valence-corrected chi connectivity index (χ0v) is 11.3. The van der Waals surface area contributed by atoms with Crippen LogP contribution in [0, 0.1) is 6.92 Å². The molecule has 1 aromatic heterocycles. The molecule has 0 aliphatic rings. The predicted octanol–water partition coefficient (Wildman–Crippen LogP) is 2.68. The number of hydrogen-bond acceptors (Lipinski definition) is 3. The van der Waals surface area contributed by atoms with Gasteiger partial charge in [-0.15, -0.1) is 0 Å². The Morgan fingerprint density at radius 2 is 2.11 bits per heavy atom. The van der Waals surface area contributed by atoms with Gasteiger partial charge in [0.05, 0.1) is 0 Å². The molecular weight excluding hydrogens is 240 g/mol. The number of hydrogen-bond donors (Lipinski definition) is 3. The Bertz CT molecular complexity index is 601. The SMILES string of the molecule is Cc1ccc(N)cc1C(=O)Nc1cc(C(C)C)[nH]n1. The van der Waals surface area contributed by atoms with E-state index in [1.807, 2.05) is 19.1 Å². The number of benzene rings is 1. The Morgan fingerprint density at radius 3 is 2.74 bits per heavy atom. The quantitative estimate of drug-likeness (QED) is 0.740. The van der Waals surface area contributed by atoms with E-state index in [9.17, 15) is 4.79 Å². The number of nitrogens with zero attached hydrogens (tertiary/aromatic N) is 1. The van der Waals surface area contributed by atoms with Crippen molar-refractivity contribution in [1.82, 2.24) is 10.2 Å². The molecule has 0 spiro atoms. The van der Waals surface area contributed by atoms with Gasteiger partial charge >= 0.3 is 0 Å². The number of nitrogen functional groups attached to an aromatic ring is 1. The number of carbonyl (C=O) groups is 1. The molecule has 2 aromatic rings. The van der Waals surface area contributed by atoms with Crippen LogP contribution < -0.4 is 11.1 Å². The highest BCUT2D eigenvalue weighted by Gasteiger charge is 2.12. The maximum absolute atomic E-state index is 12.1. The number of nitrogens with two attached hydrogens (primary N) is 1. The summed E-state index contributed by atoms with van der Waals surface area (Å²) < 4.78 is 0. The lowest BCUT2D eigenvalue weighted by Gasteiger charge is -2.06. The molecule has 100 valence electrons. The standard InChI is InChI=1S/C14H18N4O/c1-8(2)12-7-13(18-17-12)16-14(19)11-6-10(15)5-4-9(11)3/h4-8H,15H2,1-3H3,(H2,16,17,18,19). The monoisotopic (exact) mass is 258 g/mol. The minimum atomic E-state index is -0.202. The third-order valence-corrected chi connectivity index (χ3v) is 2.97. The van der Waals surface area contributed by atoms with E-state index in [4.69, 9.17) is 5.73 Å². The van der Waals surface area contributed by atoms with Crippen molar-refractivity contribution in [2.24, 2.45) is 0 Å². The predicted molar refractivity (Wildman–Crippen MR) is 76.2 cm³/mol. The number of carbonyl (C=O) groups excluding carboxylic acids is 1. The molecule has 0 unspecified atom stereocenters. The summed E-state index contributed by atoms with van der Waals surface area (Å²) in [6.45, 7) is 5.99. The van der Waals surface area contributed by atoms with Gasteiger partial charge in [0.15, 0.2) is 5.82 Å². The zero-order chi connectivity index (χ0) is 14.0. The normalized spacial score (nSPS) is 10.7. The Balaban J connectivity index is 2.18. The highest BCUT2D eigenvalue weighted by molar-refractivity contribution is 6.05. The molecule has 0 saturated heterocycles. The van der Waals surface area contributed by atoms with Crippen molar-refractivity contribution in [3.8, 4) is 0 Å². The molecular formula is C14H18N4O. The first-order valence-corrected chi connectivity index (χ1v) is 6.20. The zero-order valence-electron chi connectivity index (χ0n) is 11.3. The number of H-pyrrole nitrogens is 1. The van der Waals surface area contributed by atoms with Crippen LogP contribution in [0.2, 0.25) is 0 Å². The van der Waals surface area contributed by atoms with Gasteiger partial charge in [0.25, 0.3) is 5.91 Å². The van der Waals surface area contributed by atoms with Crippen molar-refractivity contribution in [1.29, 1.82) is 0 Å². The lowest BCUT2D eigenvalue weighted by Crippen LogP contribution is -2.14. The number of amides is 1. The average molecular weight is 258 g/mol. The maximum atomic E-state index is 12.1. The van der Waals surface area contributed by atoms with E-state index in [1.54, 1.807) is 12.1 Å². The first-order valence-electron chi connectivity index (χ1n) is 6.20. The molecule has 1 amide bonds. The molecule has 0 aliphatic carbocycles. The van der Waals surface area contributed by atoms with Gasteiger partial charge in [-0.1, -0.05) is 19.9 Å². The van der Waals surface area contributed by atoms with Crippen LogP contribution in [0.3, 0.4) is 0 Å². The van der Waals surface area contributed by atoms with Gasteiger partial charge < -0.3 is 11.1 Å². The Morgan fingerprint density at radius 1 is 1.37 bits per heavy atom. The molecule has 1 aromatic carbocycles. The summed E-state index contributed by atoms with van der Waals surface area (Å²) in [7, 11) is 0. The van der Waals surface area contributed by atoms with E-state index in [1.165, 1.54) is 0 Å². The van der Waals surface area contributed by atoms with Crippen molar-refractivity contribution in [2.45, 2.75) is 26.7 Å². The van der Waals surface area contributed by atoms with Gasteiger partial charge in [-0.05, 0) is 30.5 Å². The molecule has 5 nitrogen and oxygen atoms in total. The third-order valence-electron chi connectivity index (χ3n) is 2.97. The third kappa shape index (κ3) is 2.93. The Hall–Kier alpha value is -2.30. The van der Waals surface area contributed by atoms with Crippen LogP contribution >= 0.6 is 0 Å². The van der Waals surface area contributed by atoms with Gasteiger partial charge in [-0.25, -0.2) is 0 Å². The summed E-state index contributed by atoms with van der Waals surface area (Å²) >= 11 is 0. The second kappa shape index (κ2) is 5.14. The second-order valence-electron chi connectivity index (χ2n) is 4.89. The Kier molecular flexibility index (Phi) is 3.55. The van der Waals surface area contributed by atoms with Crippen LogP contribution in [-0.4, -0.2) is 16.1 Å². The smallest absolute Gasteiger partial charge is 0.257 e. The van der Waals surface area contributed by atoms with Crippen LogP contribution in [0.5, 0.6) is 0 Å². The number of aromatic nitrogens is 2. The highest BCUT2D eigenvalue weighted by Crippen LogP contribution is 2.17. The highest BCUT2D eigenvalue weighted by atomic mass is 16.1. The molecule has 2 rings (SSSR count). The van der Waals surface area contributed by atoms with Crippen LogP contribution in [0.25, 0.3) is 0 Å². The summed E-state index contributed by atoms with van der Waals surface area (Å²) in [5, 5.41) is 9.73. The van der Waals surface area contributed by atoms with Gasteiger partial charge in [0.1, 0.15) is 0 Å². The fourth-order valence-electron chi connectivity index (χ4n) is 1.76. The molecule has 0 saturated carbocycles. The van der Waals surface area contributed by atoms with E-state index >= 15 is 0 Å². The minimum Gasteiger partial charge on any atom is -0.399 e. The first-order chi connectivity index (χ1) is 8.97. The van der Waals surface area contributed by atoms with E-state index in [-0.39, 0.29) is 5.91 Å². The van der Waals surface area contributed by atoms with E-state index < -0.39 is 0 Å². The van der Waals surface area contributed by atoms with Crippen molar-refractivity contribution < 1.29 is 4.79 Å². The summed E-state index contributed by atoms with van der Waals surface area (Å²) in [6.07, 6.45) is 0. The lowest BCUT2D eigenvalue weighted by molar-refractivity contribution is 0.102. The van der Waals surface area contributed by atoms with Crippen LogP contribution in [-0.2, 0) is 0 Å². The van der Waals surface area contributed by atoms with E-state index in [0.29, 0.717) is 23.0 Å². The number of rotatable bonds is 3. The fraction of sp³-hybridized carbons (Fsp3) is 0.286. The average Bonchev–Trinajstić information content (AvgIpc) is 2.80. The van der Waals surface area contributed by atoms with Crippen molar-refractivity contribution in [3.63, 3.8) is 0 Å². The van der Waals surface area contributed by atoms with Gasteiger partial charge in [-0.2, -0.15) is 5.10 Å². The number of anilines is 2. The van der Waals surface area contributed by atoms with E-state index in [2.05, 4.69) is 29.4 Å². The molecule has 0 radical (unpaired) electrons. The minimum absolute atomic E-state index is 0.202. The largest absolute Gasteiger partial charge is 0.399 e. The van der Waals surface area contributed by atoms with Crippen LogP contribution in [0.15, 0.2) is 24.3 Å². The number of aryl methyl sites for hydroxylation is 1. The molecule has 19 heavy (non-hydrogen) atoms. The topological polar surface area (TPSA) is 83.8 Å². The molecule has 4 N–H and O–H groups in total. The van der Waals surface area contributed by atoms with Crippen molar-refractivity contribution >= 4 is 17.4 Å². The summed E-state index contributed by atoms with van der Waals surface area (Å²) in [5.74, 6) is 0.661. The molecule has 0 atom stereocenters. The maximum Gasteiger partial charge on any atom is 0.257 e. The molecule has 0 fully saturated rings. The number of nitrogens with one attached hydrogen (secondary N) is 2. The summed E-state index contributed by atoms with van der Waals surface area (Å²) in [5.41, 5.74) is 8.70. The summed E-state index contributed by atoms with van der Waals surface area (Å²) in [4.78, 5) is 12.1. The van der Waals surface area contributed by atoms with Crippen LogP contribution in [0.1, 0.15) is 41.4 Å². The van der Waals surface area contributed by atoms with Crippen molar-refractivity contribution in [2.75, 3.05) is 11.1 Å². The summed E-state index contributed by atoms with van der Waals surface area (Å²) in [6, 6.07) is 7.11. The Labute approximate surface area is 112 Å². The van der Waals surface area contributed by atoms with Crippen molar-refractivity contribution in [3.05, 3.63) is 41.1 Å². The number of aromatic amines is 1. The molecule has 5 heteroatoms. The molecule has 0 aliphatic heterocycles. The lowest BCUT2D eigenvalue weighted by atomic mass is 10.1. The first kappa shape index (κ1) is 13.1. The van der Waals surface area contributed by atoms with E-state index in [0.717, 1.165) is 11.3 Å². The van der Waals surface area contributed by atoms with Gasteiger partial charge in [0, 0.05) is 23.0 Å². The fourth-order valence-corrected chi connectivity index (χ4v) is 1.76. The van der Waals surface area contributed by atoms with Gasteiger partial charge in [0.2, 0.25) is 0 Å².